The number of hydrogen-bond acceptors (Lipinski definition) is 4. The highest BCUT2D eigenvalue weighted by atomic mass is 16.4. The molecular weight excluding hydrogens is 320 g/mol. The number of carbonyl (C=O) groups is 1. The quantitative estimate of drug-likeness (QED) is 0.666. The summed E-state index contributed by atoms with van der Waals surface area (Å²) < 4.78 is 7.08. The Morgan fingerprint density at radius 2 is 2.00 bits per heavy atom. The predicted molar refractivity (Wildman–Crippen MR) is 93.6 cm³/mol. The van der Waals surface area contributed by atoms with Crippen LogP contribution >= 0.6 is 0 Å². The lowest BCUT2D eigenvalue weighted by Crippen LogP contribution is -2.40. The maximum absolute atomic E-state index is 12.0. The monoisotopic (exact) mass is 340 g/mol. The summed E-state index contributed by atoms with van der Waals surface area (Å²) in [6.45, 7) is 3.38. The summed E-state index contributed by atoms with van der Waals surface area (Å²) in [4.78, 5) is 12.0. The van der Waals surface area contributed by atoms with E-state index in [0.717, 1.165) is 5.69 Å². The van der Waals surface area contributed by atoms with Crippen LogP contribution in [0.15, 0.2) is 59.1 Å². The molecule has 0 bridgehead atoms. The fraction of sp³-hybridized carbons (Fsp3) is 0.222. The number of nitrogens with zero attached hydrogens (tertiary/aromatic N) is 2. The lowest BCUT2D eigenvalue weighted by Gasteiger charge is -2.21. The molecule has 0 radical (unpaired) electrons. The van der Waals surface area contributed by atoms with Crippen molar-refractivity contribution in [3.05, 3.63) is 66.2 Å². The molecule has 0 saturated heterocycles. The minimum atomic E-state index is -1.30. The lowest BCUT2D eigenvalue weighted by molar-refractivity contribution is 0.0364. The molecule has 0 aliphatic heterocycles. The van der Waals surface area contributed by atoms with Crippen LogP contribution in [0.1, 0.15) is 18.4 Å². The summed E-state index contributed by atoms with van der Waals surface area (Å²) in [6.07, 6.45) is 1.76. The molecule has 1 aromatic carbocycles. The van der Waals surface area contributed by atoms with E-state index in [9.17, 15) is 9.90 Å². The number of urea groups is 1. The zero-order valence-electron chi connectivity index (χ0n) is 14.1. The molecule has 0 fully saturated rings. The summed E-state index contributed by atoms with van der Waals surface area (Å²) in [5.74, 6) is 1.51. The van der Waals surface area contributed by atoms with E-state index in [-0.39, 0.29) is 6.54 Å². The first-order valence-electron chi connectivity index (χ1n) is 7.89. The van der Waals surface area contributed by atoms with E-state index in [4.69, 9.17) is 4.42 Å². The van der Waals surface area contributed by atoms with Crippen molar-refractivity contribution in [2.24, 2.45) is 0 Å². The predicted octanol–water partition coefficient (Wildman–Crippen LogP) is 2.80. The van der Waals surface area contributed by atoms with Crippen LogP contribution in [0.2, 0.25) is 0 Å². The molecule has 3 N–H and O–H groups in total. The van der Waals surface area contributed by atoms with Crippen LogP contribution in [0.3, 0.4) is 0 Å². The van der Waals surface area contributed by atoms with Crippen molar-refractivity contribution in [2.75, 3.05) is 11.9 Å². The number of amides is 2. The molecule has 0 aliphatic rings. The third-order valence-electron chi connectivity index (χ3n) is 3.72. The molecule has 7 heteroatoms. The molecule has 3 rings (SSSR count). The maximum Gasteiger partial charge on any atom is 0.320 e. The average molecular weight is 340 g/mol. The van der Waals surface area contributed by atoms with Crippen LogP contribution in [-0.4, -0.2) is 27.5 Å². The van der Waals surface area contributed by atoms with Crippen LogP contribution in [0.5, 0.6) is 0 Å². The number of anilines is 1. The Hall–Kier alpha value is -3.06. The third kappa shape index (κ3) is 4.07. The van der Waals surface area contributed by atoms with Crippen LogP contribution in [0.25, 0.3) is 5.69 Å². The van der Waals surface area contributed by atoms with E-state index in [1.807, 2.05) is 30.3 Å². The highest BCUT2D eigenvalue weighted by Crippen LogP contribution is 2.22. The van der Waals surface area contributed by atoms with Gasteiger partial charge in [-0.25, -0.2) is 9.48 Å². The average Bonchev–Trinajstić information content (AvgIpc) is 3.23. The van der Waals surface area contributed by atoms with Gasteiger partial charge in [0.1, 0.15) is 17.1 Å². The van der Waals surface area contributed by atoms with Gasteiger partial charge in [0, 0.05) is 12.3 Å². The number of nitrogens with one attached hydrogen (secondary N) is 2. The van der Waals surface area contributed by atoms with Gasteiger partial charge in [-0.2, -0.15) is 0 Å². The zero-order valence-corrected chi connectivity index (χ0v) is 14.1. The largest absolute Gasteiger partial charge is 0.463 e. The van der Waals surface area contributed by atoms with Crippen LogP contribution in [0, 0.1) is 6.92 Å². The van der Waals surface area contributed by atoms with Crippen LogP contribution < -0.4 is 10.6 Å². The molecule has 7 nitrogen and oxygen atoms in total. The number of para-hydroxylation sites is 1. The van der Waals surface area contributed by atoms with Crippen molar-refractivity contribution in [1.29, 1.82) is 0 Å². The third-order valence-corrected chi connectivity index (χ3v) is 3.72. The Kier molecular flexibility index (Phi) is 4.58. The number of aryl methyl sites for hydroxylation is 1. The highest BCUT2D eigenvalue weighted by Gasteiger charge is 2.27. The first-order valence-corrected chi connectivity index (χ1v) is 7.89. The van der Waals surface area contributed by atoms with E-state index < -0.39 is 11.6 Å². The second kappa shape index (κ2) is 6.82. The molecule has 2 heterocycles. The Bertz CT molecular complexity index is 852. The SMILES string of the molecule is Cc1ccc([C@@](C)(O)CNC(=O)Nc2ccn(-c3ccccc3)n2)o1. The lowest BCUT2D eigenvalue weighted by atomic mass is 10.0. The van der Waals surface area contributed by atoms with Crippen molar-refractivity contribution in [2.45, 2.75) is 19.4 Å². The van der Waals surface area contributed by atoms with Gasteiger partial charge >= 0.3 is 6.03 Å². The molecule has 0 unspecified atom stereocenters. The Morgan fingerprint density at radius 1 is 1.24 bits per heavy atom. The Morgan fingerprint density at radius 3 is 2.68 bits per heavy atom. The molecule has 25 heavy (non-hydrogen) atoms. The molecule has 0 aliphatic carbocycles. The van der Waals surface area contributed by atoms with E-state index in [0.29, 0.717) is 17.3 Å². The fourth-order valence-electron chi connectivity index (χ4n) is 2.34. The molecule has 0 spiro atoms. The Labute approximate surface area is 145 Å². The summed E-state index contributed by atoms with van der Waals surface area (Å²) in [6, 6.07) is 14.3. The van der Waals surface area contributed by atoms with Gasteiger partial charge in [-0.3, -0.25) is 5.32 Å². The minimum absolute atomic E-state index is 0.00514. The van der Waals surface area contributed by atoms with E-state index in [1.54, 1.807) is 42.9 Å². The maximum atomic E-state index is 12.0. The first-order chi connectivity index (χ1) is 11.9. The Balaban J connectivity index is 1.57. The molecule has 3 aromatic rings. The summed E-state index contributed by atoms with van der Waals surface area (Å²) >= 11 is 0. The van der Waals surface area contributed by atoms with E-state index in [2.05, 4.69) is 15.7 Å². The van der Waals surface area contributed by atoms with Crippen molar-refractivity contribution in [3.8, 4) is 5.69 Å². The molecular formula is C18H20N4O3. The number of hydrogen-bond donors (Lipinski definition) is 3. The number of aromatic nitrogens is 2. The van der Waals surface area contributed by atoms with Gasteiger partial charge in [0.05, 0.1) is 12.2 Å². The number of aliphatic hydroxyl groups is 1. The van der Waals surface area contributed by atoms with Gasteiger partial charge in [0.15, 0.2) is 5.82 Å². The van der Waals surface area contributed by atoms with Crippen LogP contribution in [-0.2, 0) is 5.60 Å². The van der Waals surface area contributed by atoms with Gasteiger partial charge in [-0.15, -0.1) is 5.10 Å². The molecule has 130 valence electrons. The van der Waals surface area contributed by atoms with Crippen molar-refractivity contribution in [3.63, 3.8) is 0 Å². The smallest absolute Gasteiger partial charge is 0.320 e. The highest BCUT2D eigenvalue weighted by molar-refractivity contribution is 5.88. The standard InChI is InChI=1S/C18H20N4O3/c1-13-8-9-15(25-13)18(2,24)12-19-17(23)20-16-10-11-22(21-16)14-6-4-3-5-7-14/h3-11,24H,12H2,1-2H3,(H2,19,20,21,23)/t18-/m0/s1. The summed E-state index contributed by atoms with van der Waals surface area (Å²) in [5.41, 5.74) is -0.401. The van der Waals surface area contributed by atoms with Gasteiger partial charge in [-0.1, -0.05) is 18.2 Å². The summed E-state index contributed by atoms with van der Waals surface area (Å²) in [7, 11) is 0. The van der Waals surface area contributed by atoms with Gasteiger partial charge in [0.2, 0.25) is 0 Å². The first kappa shape index (κ1) is 16.8. The molecule has 2 aromatic heterocycles. The zero-order chi connectivity index (χ0) is 17.9. The topological polar surface area (TPSA) is 92.3 Å². The van der Waals surface area contributed by atoms with Gasteiger partial charge < -0.3 is 14.8 Å². The normalized spacial score (nSPS) is 13.2. The number of furan rings is 1. The number of benzene rings is 1. The van der Waals surface area contributed by atoms with Gasteiger partial charge in [-0.05, 0) is 38.1 Å². The molecule has 1 atom stereocenters. The van der Waals surface area contributed by atoms with Crippen molar-refractivity contribution in [1.82, 2.24) is 15.1 Å². The fourth-order valence-corrected chi connectivity index (χ4v) is 2.34. The van der Waals surface area contributed by atoms with Crippen molar-refractivity contribution < 1.29 is 14.3 Å². The number of carbonyl (C=O) groups excluding carboxylic acids is 1. The van der Waals surface area contributed by atoms with E-state index >= 15 is 0 Å². The second-order valence-corrected chi connectivity index (χ2v) is 5.97. The number of rotatable bonds is 5. The van der Waals surface area contributed by atoms with E-state index in [1.165, 1.54) is 0 Å². The molecule has 2 amide bonds. The van der Waals surface area contributed by atoms with Gasteiger partial charge in [0.25, 0.3) is 0 Å². The second-order valence-electron chi connectivity index (χ2n) is 5.97. The van der Waals surface area contributed by atoms with Crippen LogP contribution in [0.4, 0.5) is 10.6 Å². The summed E-state index contributed by atoms with van der Waals surface area (Å²) in [5, 5.41) is 20.0. The minimum Gasteiger partial charge on any atom is -0.463 e. The van der Waals surface area contributed by atoms with Crippen molar-refractivity contribution >= 4 is 11.8 Å². The molecule has 0 saturated carbocycles.